The summed E-state index contributed by atoms with van der Waals surface area (Å²) in [7, 11) is 0. The Bertz CT molecular complexity index is 543. The molecule has 0 heterocycles. The number of carbonyl (C=O) groups excluding carboxylic acids is 4. The Balaban J connectivity index is 5.26. The molecule has 0 N–H and O–H groups in total. The molecule has 0 aromatic carbocycles. The zero-order chi connectivity index (χ0) is 21.7. The molecule has 0 aliphatic heterocycles. The van der Waals surface area contributed by atoms with Gasteiger partial charge in [0.2, 0.25) is 11.8 Å². The van der Waals surface area contributed by atoms with Crippen molar-refractivity contribution in [1.82, 2.24) is 9.80 Å². The fraction of sp³-hybridized carbons (Fsp3) is 0.636. The van der Waals surface area contributed by atoms with Gasteiger partial charge in [-0.05, 0) is 26.7 Å². The van der Waals surface area contributed by atoms with Crippen molar-refractivity contribution in [3.8, 4) is 0 Å². The lowest BCUT2D eigenvalue weighted by Gasteiger charge is -2.26. The van der Waals surface area contributed by atoms with Crippen molar-refractivity contribution in [2.75, 3.05) is 13.1 Å². The zero-order valence-corrected chi connectivity index (χ0v) is 18.0. The minimum absolute atomic E-state index is 0.0326. The molecule has 0 aromatic rings. The van der Waals surface area contributed by atoms with Gasteiger partial charge in [0.25, 0.3) is 11.8 Å². The molecule has 28 heavy (non-hydrogen) atoms. The highest BCUT2D eigenvalue weighted by atomic mass is 16.2. The summed E-state index contributed by atoms with van der Waals surface area (Å²) in [5.74, 6) is -1.55. The third-order valence-corrected chi connectivity index (χ3v) is 4.36. The summed E-state index contributed by atoms with van der Waals surface area (Å²) in [5.41, 5.74) is 0.492. The van der Waals surface area contributed by atoms with Crippen molar-refractivity contribution >= 4 is 23.6 Å². The third kappa shape index (κ3) is 9.11. The zero-order valence-electron chi connectivity index (χ0n) is 18.0. The Hall–Kier alpha value is -2.24. The first kappa shape index (κ1) is 25.8. The topological polar surface area (TPSA) is 74.8 Å². The molecule has 6 nitrogen and oxygen atoms in total. The van der Waals surface area contributed by atoms with Crippen molar-refractivity contribution < 1.29 is 19.2 Å². The molecule has 0 unspecified atom stereocenters. The van der Waals surface area contributed by atoms with Gasteiger partial charge in [-0.15, -0.1) is 0 Å². The van der Waals surface area contributed by atoms with Gasteiger partial charge < -0.3 is 0 Å². The highest BCUT2D eigenvalue weighted by Crippen LogP contribution is 2.10. The summed E-state index contributed by atoms with van der Waals surface area (Å²) in [5, 5.41) is 0. The van der Waals surface area contributed by atoms with Gasteiger partial charge in [0, 0.05) is 37.1 Å². The molecular formula is C22H36N2O4. The Morgan fingerprint density at radius 2 is 0.964 bits per heavy atom. The highest BCUT2D eigenvalue weighted by Gasteiger charge is 2.26. The van der Waals surface area contributed by atoms with Crippen LogP contribution in [0.1, 0.15) is 79.1 Å². The Kier molecular flexibility index (Phi) is 12.7. The van der Waals surface area contributed by atoms with Gasteiger partial charge in [-0.25, -0.2) is 0 Å². The predicted octanol–water partition coefficient (Wildman–Crippen LogP) is 4.01. The van der Waals surface area contributed by atoms with E-state index in [1.54, 1.807) is 13.8 Å². The number of unbranched alkanes of at least 4 members (excludes halogenated alkanes) is 4. The van der Waals surface area contributed by atoms with E-state index in [0.717, 1.165) is 35.5 Å². The monoisotopic (exact) mass is 392 g/mol. The molecule has 0 atom stereocenters. The molecular weight excluding hydrogens is 356 g/mol. The van der Waals surface area contributed by atoms with E-state index < -0.39 is 11.8 Å². The molecule has 0 bridgehead atoms. The van der Waals surface area contributed by atoms with Crippen LogP contribution in [0.5, 0.6) is 0 Å². The van der Waals surface area contributed by atoms with E-state index in [9.17, 15) is 19.2 Å². The standard InChI is InChI=1S/C22H36N2O4/c1-7-9-11-13-19(25)23(21(27)17(3)4)15-16-24(22(28)18(5)6)20(26)14-12-10-8-2/h3,5,7-16H2,1-2,4,6H3. The smallest absolute Gasteiger partial charge is 0.255 e. The van der Waals surface area contributed by atoms with Crippen LogP contribution in [0.15, 0.2) is 24.3 Å². The van der Waals surface area contributed by atoms with E-state index in [0.29, 0.717) is 12.8 Å². The van der Waals surface area contributed by atoms with Gasteiger partial charge in [0.1, 0.15) is 0 Å². The number of amides is 4. The summed E-state index contributed by atoms with van der Waals surface area (Å²) >= 11 is 0. The maximum Gasteiger partial charge on any atom is 0.255 e. The van der Waals surface area contributed by atoms with Crippen molar-refractivity contribution in [3.05, 3.63) is 24.3 Å². The van der Waals surface area contributed by atoms with Crippen LogP contribution in [0.25, 0.3) is 0 Å². The molecule has 4 amide bonds. The van der Waals surface area contributed by atoms with Crippen LogP contribution in [-0.2, 0) is 19.2 Å². The van der Waals surface area contributed by atoms with Crippen LogP contribution < -0.4 is 0 Å². The first-order valence-electron chi connectivity index (χ1n) is 10.2. The quantitative estimate of drug-likeness (QED) is 0.351. The second-order valence-electron chi connectivity index (χ2n) is 7.18. The lowest BCUT2D eigenvalue weighted by Crippen LogP contribution is -2.46. The van der Waals surface area contributed by atoms with Crippen molar-refractivity contribution in [1.29, 1.82) is 0 Å². The Morgan fingerprint density at radius 1 is 0.643 bits per heavy atom. The van der Waals surface area contributed by atoms with E-state index in [-0.39, 0.29) is 48.9 Å². The largest absolute Gasteiger partial charge is 0.277 e. The molecule has 0 aromatic heterocycles. The minimum atomic E-state index is -0.470. The van der Waals surface area contributed by atoms with Gasteiger partial charge in [-0.2, -0.15) is 0 Å². The summed E-state index contributed by atoms with van der Waals surface area (Å²) in [6.45, 7) is 14.3. The van der Waals surface area contributed by atoms with Crippen LogP contribution in [0.3, 0.4) is 0 Å². The summed E-state index contributed by atoms with van der Waals surface area (Å²) in [4.78, 5) is 52.1. The second-order valence-corrected chi connectivity index (χ2v) is 7.18. The van der Waals surface area contributed by atoms with Crippen LogP contribution in [-0.4, -0.2) is 46.5 Å². The molecule has 0 saturated heterocycles. The van der Waals surface area contributed by atoms with Crippen LogP contribution >= 0.6 is 0 Å². The van der Waals surface area contributed by atoms with Crippen molar-refractivity contribution in [3.63, 3.8) is 0 Å². The van der Waals surface area contributed by atoms with Gasteiger partial charge in [-0.1, -0.05) is 52.7 Å². The molecule has 158 valence electrons. The number of imide groups is 2. The number of hydrogen-bond donors (Lipinski definition) is 0. The minimum Gasteiger partial charge on any atom is -0.277 e. The lowest BCUT2D eigenvalue weighted by molar-refractivity contribution is -0.148. The number of nitrogens with zero attached hydrogens (tertiary/aromatic N) is 2. The van der Waals surface area contributed by atoms with E-state index >= 15 is 0 Å². The first-order chi connectivity index (χ1) is 13.2. The molecule has 0 aliphatic carbocycles. The lowest BCUT2D eigenvalue weighted by atomic mass is 10.1. The van der Waals surface area contributed by atoms with E-state index in [4.69, 9.17) is 0 Å². The van der Waals surface area contributed by atoms with E-state index in [1.807, 2.05) is 13.8 Å². The summed E-state index contributed by atoms with van der Waals surface area (Å²) in [6, 6.07) is 0. The number of rotatable bonds is 13. The maximum absolute atomic E-state index is 12.5. The van der Waals surface area contributed by atoms with Crippen molar-refractivity contribution in [2.45, 2.75) is 79.1 Å². The Labute approximate surface area is 169 Å². The molecule has 0 rings (SSSR count). The third-order valence-electron chi connectivity index (χ3n) is 4.36. The van der Waals surface area contributed by atoms with Crippen LogP contribution in [0.2, 0.25) is 0 Å². The number of hydrogen-bond acceptors (Lipinski definition) is 4. The van der Waals surface area contributed by atoms with E-state index in [1.165, 1.54) is 0 Å². The van der Waals surface area contributed by atoms with Gasteiger partial charge in [-0.3, -0.25) is 29.0 Å². The molecule has 6 heteroatoms. The van der Waals surface area contributed by atoms with Gasteiger partial charge >= 0.3 is 0 Å². The fourth-order valence-electron chi connectivity index (χ4n) is 2.66. The van der Waals surface area contributed by atoms with Crippen molar-refractivity contribution in [2.24, 2.45) is 0 Å². The van der Waals surface area contributed by atoms with Crippen LogP contribution in [0.4, 0.5) is 0 Å². The summed E-state index contributed by atoms with van der Waals surface area (Å²) in [6.07, 6.45) is 5.63. The highest BCUT2D eigenvalue weighted by molar-refractivity contribution is 6.05. The van der Waals surface area contributed by atoms with E-state index in [2.05, 4.69) is 13.2 Å². The average Bonchev–Trinajstić information content (AvgIpc) is 2.64. The first-order valence-corrected chi connectivity index (χ1v) is 10.2. The average molecular weight is 393 g/mol. The van der Waals surface area contributed by atoms with Gasteiger partial charge in [0.15, 0.2) is 0 Å². The summed E-state index contributed by atoms with van der Waals surface area (Å²) < 4.78 is 0. The SMILES string of the molecule is C=C(C)C(=O)N(CCN(C(=O)CCCCC)C(=O)C(=C)C)C(=O)CCCCC. The Morgan fingerprint density at radius 3 is 1.21 bits per heavy atom. The fourth-order valence-corrected chi connectivity index (χ4v) is 2.66. The normalized spacial score (nSPS) is 10.3. The molecule has 0 fully saturated rings. The predicted molar refractivity (Wildman–Crippen MR) is 111 cm³/mol. The molecule has 0 radical (unpaired) electrons. The maximum atomic E-state index is 12.5. The second kappa shape index (κ2) is 13.9. The van der Waals surface area contributed by atoms with Gasteiger partial charge in [0.05, 0.1) is 0 Å². The molecule has 0 aliphatic rings. The molecule has 0 spiro atoms. The molecule has 0 saturated carbocycles. The number of carbonyl (C=O) groups is 4. The van der Waals surface area contributed by atoms with Crippen LogP contribution in [0, 0.1) is 0 Å².